The molecule has 230 valence electrons. The van der Waals surface area contributed by atoms with Crippen molar-refractivity contribution in [2.45, 2.75) is 19.3 Å². The number of nitrogens with zero attached hydrogens (tertiary/aromatic N) is 3. The molecule has 3 heterocycles. The summed E-state index contributed by atoms with van der Waals surface area (Å²) in [5.74, 6) is 0. The van der Waals surface area contributed by atoms with Crippen LogP contribution in [0.25, 0.3) is 88.1 Å². The van der Waals surface area contributed by atoms with Crippen LogP contribution in [0, 0.1) is 0 Å². The molecular weight excluding hydrogens is 595 g/mol. The zero-order chi connectivity index (χ0) is 32.4. The van der Waals surface area contributed by atoms with Crippen LogP contribution in [0.1, 0.15) is 25.0 Å². The Labute approximate surface area is 283 Å². The first-order valence-electron chi connectivity index (χ1n) is 17.1. The molecule has 3 heteroatoms. The van der Waals surface area contributed by atoms with Crippen LogP contribution in [0.5, 0.6) is 0 Å². The largest absolute Gasteiger partial charge is 0.309 e. The van der Waals surface area contributed by atoms with Crippen molar-refractivity contribution in [3.05, 3.63) is 163 Å². The quantitative estimate of drug-likeness (QED) is 0.175. The van der Waals surface area contributed by atoms with Gasteiger partial charge in [0.05, 0.1) is 27.6 Å². The third-order valence-corrected chi connectivity index (χ3v) is 11.1. The Balaban J connectivity index is 1.23. The molecule has 0 N–H and O–H groups in total. The molecule has 3 nitrogen and oxygen atoms in total. The fourth-order valence-corrected chi connectivity index (χ4v) is 8.84. The minimum Gasteiger partial charge on any atom is -0.309 e. The predicted molar refractivity (Wildman–Crippen MR) is 205 cm³/mol. The molecule has 1 aliphatic carbocycles. The fourth-order valence-electron chi connectivity index (χ4n) is 8.84. The Morgan fingerprint density at radius 1 is 0.490 bits per heavy atom. The van der Waals surface area contributed by atoms with E-state index < -0.39 is 0 Å². The number of hydrogen-bond donors (Lipinski definition) is 0. The van der Waals surface area contributed by atoms with Crippen molar-refractivity contribution in [1.29, 1.82) is 0 Å². The predicted octanol–water partition coefficient (Wildman–Crippen LogP) is 11.9. The van der Waals surface area contributed by atoms with Gasteiger partial charge < -0.3 is 4.57 Å². The van der Waals surface area contributed by atoms with E-state index in [0.29, 0.717) is 0 Å². The summed E-state index contributed by atoms with van der Waals surface area (Å²) in [5.41, 5.74) is 15.8. The molecule has 0 unspecified atom stereocenters. The van der Waals surface area contributed by atoms with E-state index in [0.717, 1.165) is 33.3 Å². The van der Waals surface area contributed by atoms with Gasteiger partial charge in [-0.1, -0.05) is 123 Å². The lowest BCUT2D eigenvalue weighted by Gasteiger charge is -2.21. The molecule has 0 bridgehead atoms. The summed E-state index contributed by atoms with van der Waals surface area (Å²) >= 11 is 0. The van der Waals surface area contributed by atoms with Gasteiger partial charge in [0.15, 0.2) is 0 Å². The van der Waals surface area contributed by atoms with Gasteiger partial charge in [0, 0.05) is 32.6 Å². The molecule has 0 spiro atoms. The van der Waals surface area contributed by atoms with E-state index in [1.807, 2.05) is 0 Å². The van der Waals surface area contributed by atoms with Gasteiger partial charge in [-0.05, 0) is 81.2 Å². The van der Waals surface area contributed by atoms with Crippen LogP contribution in [0.3, 0.4) is 0 Å². The average Bonchev–Trinajstić information content (AvgIpc) is 3.78. The summed E-state index contributed by atoms with van der Waals surface area (Å²) in [6, 6.07) is 55.7. The third kappa shape index (κ3) is 3.49. The summed E-state index contributed by atoms with van der Waals surface area (Å²) in [5, 5.41) is 6.11. The van der Waals surface area contributed by atoms with Crippen molar-refractivity contribution in [2.75, 3.05) is 0 Å². The minimum absolute atomic E-state index is 0.00884. The van der Waals surface area contributed by atoms with Gasteiger partial charge in [0.25, 0.3) is 0 Å². The highest BCUT2D eigenvalue weighted by Crippen LogP contribution is 2.49. The second-order valence-electron chi connectivity index (χ2n) is 14.0. The van der Waals surface area contributed by atoms with Crippen molar-refractivity contribution in [3.8, 4) is 27.9 Å². The Morgan fingerprint density at radius 3 is 2.10 bits per heavy atom. The normalized spacial score (nSPS) is 13.7. The molecule has 0 radical (unpaired) electrons. The van der Waals surface area contributed by atoms with Crippen LogP contribution < -0.4 is 0 Å². The van der Waals surface area contributed by atoms with Crippen molar-refractivity contribution in [1.82, 2.24) is 14.0 Å². The van der Waals surface area contributed by atoms with Crippen molar-refractivity contribution in [3.63, 3.8) is 0 Å². The van der Waals surface area contributed by atoms with Crippen molar-refractivity contribution < 1.29 is 0 Å². The molecule has 1 aliphatic rings. The van der Waals surface area contributed by atoms with E-state index in [4.69, 9.17) is 4.98 Å². The van der Waals surface area contributed by atoms with E-state index in [1.54, 1.807) is 0 Å². The van der Waals surface area contributed by atoms with Crippen molar-refractivity contribution in [2.24, 2.45) is 0 Å². The van der Waals surface area contributed by atoms with Crippen LogP contribution in [-0.2, 0) is 5.41 Å². The number of rotatable bonds is 2. The first-order valence-corrected chi connectivity index (χ1v) is 17.1. The van der Waals surface area contributed by atoms with E-state index >= 15 is 0 Å². The number of benzene rings is 7. The summed E-state index contributed by atoms with van der Waals surface area (Å²) in [6.45, 7) is 4.68. The van der Waals surface area contributed by atoms with Crippen LogP contribution in [-0.4, -0.2) is 14.0 Å². The second kappa shape index (κ2) is 9.46. The highest BCUT2D eigenvalue weighted by atomic mass is 15.0. The van der Waals surface area contributed by atoms with E-state index in [2.05, 4.69) is 174 Å². The molecule has 3 aromatic heterocycles. The average molecular weight is 626 g/mol. The monoisotopic (exact) mass is 625 g/mol. The van der Waals surface area contributed by atoms with E-state index in [-0.39, 0.29) is 5.41 Å². The number of pyridine rings is 1. The molecule has 0 fully saturated rings. The maximum Gasteiger partial charge on any atom is 0.146 e. The Morgan fingerprint density at radius 2 is 1.20 bits per heavy atom. The summed E-state index contributed by atoms with van der Waals surface area (Å²) in [4.78, 5) is 5.15. The number of imidazole rings is 1. The van der Waals surface area contributed by atoms with E-state index in [1.165, 1.54) is 66.0 Å². The molecule has 49 heavy (non-hydrogen) atoms. The lowest BCUT2D eigenvalue weighted by molar-refractivity contribution is 0.660. The van der Waals surface area contributed by atoms with Gasteiger partial charge in [-0.15, -0.1) is 0 Å². The first-order chi connectivity index (χ1) is 24.1. The molecule has 0 aliphatic heterocycles. The summed E-state index contributed by atoms with van der Waals surface area (Å²) in [6.07, 6.45) is 0. The Hall–Kier alpha value is -6.19. The topological polar surface area (TPSA) is 22.2 Å². The SMILES string of the molecule is CC1(C)c2ccccc2-c2cc(-c3cccc(-n4c5ccccc5c5ccc6c(c7ccccc7c7nc8ccccc8n67)c54)c3)ccc21. The highest BCUT2D eigenvalue weighted by Gasteiger charge is 2.35. The second-order valence-corrected chi connectivity index (χ2v) is 14.0. The van der Waals surface area contributed by atoms with Crippen molar-refractivity contribution >= 4 is 60.2 Å². The molecule has 7 aromatic carbocycles. The molecule has 10 aromatic rings. The first kappa shape index (κ1) is 26.8. The molecular formula is C46H31N3. The summed E-state index contributed by atoms with van der Waals surface area (Å²) < 4.78 is 4.84. The van der Waals surface area contributed by atoms with Crippen LogP contribution in [0.15, 0.2) is 152 Å². The zero-order valence-corrected chi connectivity index (χ0v) is 27.3. The highest BCUT2D eigenvalue weighted by molar-refractivity contribution is 6.27. The van der Waals surface area contributed by atoms with Gasteiger partial charge in [0.2, 0.25) is 0 Å². The summed E-state index contributed by atoms with van der Waals surface area (Å²) in [7, 11) is 0. The minimum atomic E-state index is -0.00884. The number of para-hydroxylation sites is 3. The Kier molecular flexibility index (Phi) is 5.18. The molecule has 11 rings (SSSR count). The lowest BCUT2D eigenvalue weighted by Crippen LogP contribution is -2.14. The van der Waals surface area contributed by atoms with Gasteiger partial charge >= 0.3 is 0 Å². The zero-order valence-electron chi connectivity index (χ0n) is 27.3. The smallest absolute Gasteiger partial charge is 0.146 e. The standard InChI is InChI=1S/C46H31N3/c1-46(2)37-18-7-5-14-31(37)36-27-29(22-24-38(36)46)28-12-11-13-30(26-28)48-40-20-9-6-15-32(40)34-23-25-42-43(44(34)48)33-16-3-4-17-35(33)45-47-39-19-8-10-21-41(39)49(42)45/h3-27H,1-2H3. The maximum atomic E-state index is 5.15. The van der Waals surface area contributed by atoms with Gasteiger partial charge in [-0.25, -0.2) is 4.98 Å². The molecule has 0 atom stereocenters. The number of hydrogen-bond acceptors (Lipinski definition) is 1. The Bertz CT molecular complexity index is 3030. The van der Waals surface area contributed by atoms with E-state index in [9.17, 15) is 0 Å². The maximum absolute atomic E-state index is 5.15. The van der Waals surface area contributed by atoms with Crippen LogP contribution in [0.4, 0.5) is 0 Å². The molecule has 0 saturated heterocycles. The van der Waals surface area contributed by atoms with Gasteiger partial charge in [0.1, 0.15) is 5.65 Å². The molecule has 0 amide bonds. The fraction of sp³-hybridized carbons (Fsp3) is 0.0652. The number of fused-ring (bicyclic) bond motifs is 15. The lowest BCUT2D eigenvalue weighted by atomic mass is 9.82. The van der Waals surface area contributed by atoms with Gasteiger partial charge in [-0.2, -0.15) is 0 Å². The number of aromatic nitrogens is 3. The third-order valence-electron chi connectivity index (χ3n) is 11.1. The van der Waals surface area contributed by atoms with Crippen LogP contribution in [0.2, 0.25) is 0 Å². The van der Waals surface area contributed by atoms with Gasteiger partial charge in [-0.3, -0.25) is 4.40 Å². The van der Waals surface area contributed by atoms with Crippen LogP contribution >= 0.6 is 0 Å². The molecule has 0 saturated carbocycles.